The van der Waals surface area contributed by atoms with Crippen LogP contribution in [0.25, 0.3) is 11.0 Å². The van der Waals surface area contributed by atoms with Crippen molar-refractivity contribution in [2.24, 2.45) is 0 Å². The second kappa shape index (κ2) is 2.82. The molecule has 3 rings (SSSR count). The Balaban J connectivity index is 2.41. The average molecular weight is 202 g/mol. The molecule has 1 aliphatic rings. The fourth-order valence-corrected chi connectivity index (χ4v) is 2.19. The van der Waals surface area contributed by atoms with Gasteiger partial charge in [0.1, 0.15) is 0 Å². The van der Waals surface area contributed by atoms with E-state index in [1.165, 1.54) is 6.07 Å². The summed E-state index contributed by atoms with van der Waals surface area (Å²) in [6.07, 6.45) is 2.33. The molecule has 0 fully saturated rings. The minimum atomic E-state index is -0.123. The summed E-state index contributed by atoms with van der Waals surface area (Å²) in [5.74, 6) is 0.147. The van der Waals surface area contributed by atoms with E-state index in [0.717, 1.165) is 29.4 Å². The van der Waals surface area contributed by atoms with Crippen molar-refractivity contribution < 1.29 is 4.79 Å². The van der Waals surface area contributed by atoms with Crippen molar-refractivity contribution in [3.63, 3.8) is 0 Å². The molecular weight excluding hydrogens is 192 g/mol. The lowest BCUT2D eigenvalue weighted by atomic mass is 9.96. The van der Waals surface area contributed by atoms with E-state index in [-0.39, 0.29) is 11.3 Å². The molecule has 0 spiro atoms. The predicted octanol–water partition coefficient (Wildman–Crippen LogP) is 1.38. The lowest BCUT2D eigenvalue weighted by molar-refractivity contribution is 0.0968. The van der Waals surface area contributed by atoms with Crippen LogP contribution in [0.3, 0.4) is 0 Å². The molecule has 4 nitrogen and oxygen atoms in total. The number of fused-ring (bicyclic) bond motifs is 3. The molecule has 2 aromatic heterocycles. The predicted molar refractivity (Wildman–Crippen MR) is 56.2 cm³/mol. The van der Waals surface area contributed by atoms with E-state index in [1.807, 2.05) is 0 Å². The van der Waals surface area contributed by atoms with E-state index in [1.54, 1.807) is 6.07 Å². The van der Waals surface area contributed by atoms with Crippen LogP contribution in [0.4, 0.5) is 0 Å². The van der Waals surface area contributed by atoms with Crippen molar-refractivity contribution in [2.75, 3.05) is 0 Å². The standard InChI is InChI=1S/C11H10N2O2/c14-8-3-1-2-6-10-7(12-11(6)8)4-5-9(15)13-10/h4-5,12H,1-3H2,(H,13,15). The summed E-state index contributed by atoms with van der Waals surface area (Å²) in [5, 5.41) is 0. The molecule has 0 bridgehead atoms. The lowest BCUT2D eigenvalue weighted by Crippen LogP contribution is -2.10. The Morgan fingerprint density at radius 2 is 1.93 bits per heavy atom. The monoisotopic (exact) mass is 202 g/mol. The lowest BCUT2D eigenvalue weighted by Gasteiger charge is -2.08. The summed E-state index contributed by atoms with van der Waals surface area (Å²) in [4.78, 5) is 28.7. The number of hydrogen-bond acceptors (Lipinski definition) is 2. The molecule has 4 heteroatoms. The summed E-state index contributed by atoms with van der Waals surface area (Å²) in [6.45, 7) is 0. The van der Waals surface area contributed by atoms with Gasteiger partial charge in [-0.1, -0.05) is 0 Å². The summed E-state index contributed by atoms with van der Waals surface area (Å²) in [6, 6.07) is 3.19. The molecule has 0 aliphatic heterocycles. The van der Waals surface area contributed by atoms with Crippen LogP contribution >= 0.6 is 0 Å². The van der Waals surface area contributed by atoms with Gasteiger partial charge in [0, 0.05) is 18.1 Å². The number of aryl methyl sites for hydroxylation is 1. The van der Waals surface area contributed by atoms with Crippen molar-refractivity contribution >= 4 is 16.8 Å². The third-order valence-corrected chi connectivity index (χ3v) is 2.89. The molecule has 0 radical (unpaired) electrons. The molecular formula is C11H10N2O2. The van der Waals surface area contributed by atoms with Gasteiger partial charge in [0.25, 0.3) is 0 Å². The molecule has 1 aliphatic carbocycles. The Bertz CT molecular complexity index is 607. The molecule has 76 valence electrons. The number of carbonyl (C=O) groups is 1. The van der Waals surface area contributed by atoms with Crippen LogP contribution in [0.15, 0.2) is 16.9 Å². The Hall–Kier alpha value is -1.84. The first kappa shape index (κ1) is 8.47. The molecule has 2 N–H and O–H groups in total. The van der Waals surface area contributed by atoms with Gasteiger partial charge in [-0.05, 0) is 18.9 Å². The molecule has 0 unspecified atom stereocenters. The number of aromatic nitrogens is 2. The maximum absolute atomic E-state index is 11.6. The second-order valence-electron chi connectivity index (χ2n) is 3.87. The maximum Gasteiger partial charge on any atom is 0.248 e. The minimum absolute atomic E-state index is 0.123. The second-order valence-corrected chi connectivity index (χ2v) is 3.87. The van der Waals surface area contributed by atoms with Gasteiger partial charge in [-0.2, -0.15) is 0 Å². The fraction of sp³-hybridized carbons (Fsp3) is 0.273. The summed E-state index contributed by atoms with van der Waals surface area (Å²) < 4.78 is 0. The number of H-pyrrole nitrogens is 2. The smallest absolute Gasteiger partial charge is 0.248 e. The highest BCUT2D eigenvalue weighted by Crippen LogP contribution is 2.26. The highest BCUT2D eigenvalue weighted by molar-refractivity contribution is 6.02. The van der Waals surface area contributed by atoms with Crippen molar-refractivity contribution in [1.29, 1.82) is 0 Å². The van der Waals surface area contributed by atoms with Gasteiger partial charge in [-0.25, -0.2) is 0 Å². The quantitative estimate of drug-likeness (QED) is 0.677. The Morgan fingerprint density at radius 1 is 1.07 bits per heavy atom. The Labute approximate surface area is 85.3 Å². The van der Waals surface area contributed by atoms with Gasteiger partial charge in [0.15, 0.2) is 5.78 Å². The highest BCUT2D eigenvalue weighted by atomic mass is 16.1. The molecule has 0 atom stereocenters. The normalized spacial score (nSPS) is 15.6. The van der Waals surface area contributed by atoms with Crippen LogP contribution in [0.1, 0.15) is 28.9 Å². The van der Waals surface area contributed by atoms with Crippen LogP contribution in [0.2, 0.25) is 0 Å². The van der Waals surface area contributed by atoms with E-state index in [9.17, 15) is 9.59 Å². The first-order valence-corrected chi connectivity index (χ1v) is 5.03. The Kier molecular flexibility index (Phi) is 1.59. The molecule has 15 heavy (non-hydrogen) atoms. The SMILES string of the molecule is O=C1CCCc2c1[nH]c1ccc(=O)[nH]c21. The number of aromatic amines is 2. The number of Topliss-reactive ketones (excluding diaryl/α,β-unsaturated/α-hetero) is 1. The van der Waals surface area contributed by atoms with Crippen molar-refractivity contribution in [3.8, 4) is 0 Å². The molecule has 0 aromatic carbocycles. The van der Waals surface area contributed by atoms with Gasteiger partial charge in [0.2, 0.25) is 5.56 Å². The maximum atomic E-state index is 11.6. The van der Waals surface area contributed by atoms with Gasteiger partial charge in [0.05, 0.1) is 16.7 Å². The molecule has 0 saturated heterocycles. The number of nitrogens with one attached hydrogen (secondary N) is 2. The minimum Gasteiger partial charge on any atom is -0.351 e. The third kappa shape index (κ3) is 1.14. The number of ketones is 1. The number of carbonyl (C=O) groups excluding carboxylic acids is 1. The van der Waals surface area contributed by atoms with E-state index in [4.69, 9.17) is 0 Å². The molecule has 2 heterocycles. The van der Waals surface area contributed by atoms with Gasteiger partial charge >= 0.3 is 0 Å². The van der Waals surface area contributed by atoms with Gasteiger partial charge in [-0.15, -0.1) is 0 Å². The van der Waals surface area contributed by atoms with Crippen molar-refractivity contribution in [1.82, 2.24) is 9.97 Å². The van der Waals surface area contributed by atoms with E-state index >= 15 is 0 Å². The fourth-order valence-electron chi connectivity index (χ4n) is 2.19. The van der Waals surface area contributed by atoms with Crippen LogP contribution < -0.4 is 5.56 Å². The number of hydrogen-bond donors (Lipinski definition) is 2. The van der Waals surface area contributed by atoms with E-state index in [2.05, 4.69) is 9.97 Å². The van der Waals surface area contributed by atoms with Crippen molar-refractivity contribution in [2.45, 2.75) is 19.3 Å². The number of pyridine rings is 1. The van der Waals surface area contributed by atoms with Crippen LogP contribution in [-0.4, -0.2) is 15.8 Å². The largest absolute Gasteiger partial charge is 0.351 e. The van der Waals surface area contributed by atoms with Crippen LogP contribution in [0.5, 0.6) is 0 Å². The molecule has 0 amide bonds. The highest BCUT2D eigenvalue weighted by Gasteiger charge is 2.21. The number of rotatable bonds is 0. The van der Waals surface area contributed by atoms with Gasteiger partial charge in [-0.3, -0.25) is 9.59 Å². The molecule has 2 aromatic rings. The Morgan fingerprint density at radius 3 is 2.80 bits per heavy atom. The zero-order chi connectivity index (χ0) is 10.4. The molecule has 0 saturated carbocycles. The summed E-state index contributed by atoms with van der Waals surface area (Å²) >= 11 is 0. The van der Waals surface area contributed by atoms with Gasteiger partial charge < -0.3 is 9.97 Å². The summed E-state index contributed by atoms with van der Waals surface area (Å²) in [5.41, 5.74) is 3.17. The first-order chi connectivity index (χ1) is 7.25. The average Bonchev–Trinajstić information content (AvgIpc) is 2.58. The zero-order valence-corrected chi connectivity index (χ0v) is 8.09. The summed E-state index contributed by atoms with van der Waals surface area (Å²) in [7, 11) is 0. The van der Waals surface area contributed by atoms with Crippen LogP contribution in [-0.2, 0) is 6.42 Å². The van der Waals surface area contributed by atoms with E-state index in [0.29, 0.717) is 12.1 Å². The first-order valence-electron chi connectivity index (χ1n) is 5.03. The van der Waals surface area contributed by atoms with E-state index < -0.39 is 0 Å². The topological polar surface area (TPSA) is 65.7 Å². The van der Waals surface area contributed by atoms with Crippen LogP contribution in [0, 0.1) is 0 Å². The van der Waals surface area contributed by atoms with Crippen molar-refractivity contribution in [3.05, 3.63) is 33.7 Å². The third-order valence-electron chi connectivity index (χ3n) is 2.89. The zero-order valence-electron chi connectivity index (χ0n) is 8.09.